The Hall–Kier alpha value is -3.02. The predicted molar refractivity (Wildman–Crippen MR) is 86.5 cm³/mol. The van der Waals surface area contributed by atoms with Crippen LogP contribution >= 0.6 is 0 Å². The normalized spacial score (nSPS) is 10.7. The van der Waals surface area contributed by atoms with Gasteiger partial charge in [0, 0.05) is 0 Å². The molecule has 6 heteroatoms. The van der Waals surface area contributed by atoms with Crippen molar-refractivity contribution in [3.63, 3.8) is 0 Å². The second-order valence-corrected chi connectivity index (χ2v) is 4.70. The lowest BCUT2D eigenvalue weighted by Crippen LogP contribution is -1.95. The molecular formula is C17H18O6. The Balaban J connectivity index is 2.40. The zero-order valence-electron chi connectivity index (χ0n) is 13.0. The molecule has 2 aromatic rings. The van der Waals surface area contributed by atoms with E-state index in [1.165, 1.54) is 33.5 Å². The molecule has 0 heterocycles. The number of aromatic hydroxyl groups is 3. The van der Waals surface area contributed by atoms with E-state index in [1.807, 2.05) is 0 Å². The van der Waals surface area contributed by atoms with Crippen LogP contribution in [-0.4, -0.2) is 36.6 Å². The van der Waals surface area contributed by atoms with Crippen LogP contribution in [0.2, 0.25) is 0 Å². The summed E-state index contributed by atoms with van der Waals surface area (Å²) in [5, 5.41) is 28.4. The van der Waals surface area contributed by atoms with Gasteiger partial charge in [-0.3, -0.25) is 0 Å². The number of hydrogen-bond acceptors (Lipinski definition) is 6. The van der Waals surface area contributed by atoms with E-state index in [4.69, 9.17) is 14.2 Å². The van der Waals surface area contributed by atoms with E-state index in [2.05, 4.69) is 0 Å². The Morgan fingerprint density at radius 2 is 1.13 bits per heavy atom. The monoisotopic (exact) mass is 318 g/mol. The van der Waals surface area contributed by atoms with Crippen LogP contribution < -0.4 is 14.2 Å². The molecule has 0 saturated carbocycles. The van der Waals surface area contributed by atoms with E-state index in [9.17, 15) is 15.3 Å². The summed E-state index contributed by atoms with van der Waals surface area (Å²) < 4.78 is 15.8. The highest BCUT2D eigenvalue weighted by molar-refractivity contribution is 5.74. The molecule has 0 aliphatic carbocycles. The van der Waals surface area contributed by atoms with Crippen molar-refractivity contribution in [1.29, 1.82) is 0 Å². The van der Waals surface area contributed by atoms with Gasteiger partial charge in [-0.25, -0.2) is 0 Å². The average Bonchev–Trinajstić information content (AvgIpc) is 2.56. The van der Waals surface area contributed by atoms with Gasteiger partial charge in [0.1, 0.15) is 0 Å². The topological polar surface area (TPSA) is 88.4 Å². The molecule has 0 atom stereocenters. The molecule has 0 aliphatic rings. The Bertz CT molecular complexity index is 688. The van der Waals surface area contributed by atoms with Crippen LogP contribution in [0.4, 0.5) is 0 Å². The molecule has 0 fully saturated rings. The zero-order chi connectivity index (χ0) is 17.0. The van der Waals surface area contributed by atoms with Crippen molar-refractivity contribution < 1.29 is 29.5 Å². The lowest BCUT2D eigenvalue weighted by molar-refractivity contribution is 0.324. The lowest BCUT2D eigenvalue weighted by atomic mass is 10.1. The van der Waals surface area contributed by atoms with Gasteiger partial charge in [0.05, 0.1) is 21.3 Å². The Morgan fingerprint density at radius 3 is 1.52 bits per heavy atom. The largest absolute Gasteiger partial charge is 0.504 e. The zero-order valence-corrected chi connectivity index (χ0v) is 13.0. The summed E-state index contributed by atoms with van der Waals surface area (Å²) in [5.41, 5.74) is 1.29. The summed E-state index contributed by atoms with van der Waals surface area (Å²) in [7, 11) is 4.58. The number of methoxy groups -OCH3 is 3. The first-order chi connectivity index (χ1) is 11.0. The smallest absolute Gasteiger partial charge is 0.203 e. The van der Waals surface area contributed by atoms with E-state index in [1.54, 1.807) is 24.3 Å². The third-order valence-electron chi connectivity index (χ3n) is 3.25. The Labute approximate surface area is 133 Å². The Kier molecular flexibility index (Phi) is 4.85. The van der Waals surface area contributed by atoms with Crippen LogP contribution in [0.25, 0.3) is 12.2 Å². The minimum absolute atomic E-state index is 0.394. The van der Waals surface area contributed by atoms with Gasteiger partial charge in [-0.1, -0.05) is 12.2 Å². The molecule has 0 bridgehead atoms. The summed E-state index contributed by atoms with van der Waals surface area (Å²) in [6, 6.07) is 6.20. The van der Waals surface area contributed by atoms with Crippen LogP contribution in [0, 0.1) is 0 Å². The quantitative estimate of drug-likeness (QED) is 0.580. The van der Waals surface area contributed by atoms with Crippen molar-refractivity contribution in [2.75, 3.05) is 21.3 Å². The minimum Gasteiger partial charge on any atom is -0.504 e. The average molecular weight is 318 g/mol. The molecule has 0 unspecified atom stereocenters. The summed E-state index contributed by atoms with van der Waals surface area (Å²) in [4.78, 5) is 0. The fraction of sp³-hybridized carbons (Fsp3) is 0.176. The van der Waals surface area contributed by atoms with Crippen molar-refractivity contribution in [3.8, 4) is 34.5 Å². The van der Waals surface area contributed by atoms with Crippen LogP contribution in [0.5, 0.6) is 34.5 Å². The molecule has 0 spiro atoms. The van der Waals surface area contributed by atoms with Crippen molar-refractivity contribution >= 4 is 12.2 Å². The summed E-state index contributed by atoms with van der Waals surface area (Å²) in [6.07, 6.45) is 3.41. The highest BCUT2D eigenvalue weighted by Crippen LogP contribution is 2.39. The molecule has 6 nitrogen and oxygen atoms in total. The molecule has 2 rings (SSSR count). The third kappa shape index (κ3) is 3.42. The number of ether oxygens (including phenoxy) is 3. The van der Waals surface area contributed by atoms with Gasteiger partial charge in [0.25, 0.3) is 0 Å². The first-order valence-electron chi connectivity index (χ1n) is 6.73. The molecular weight excluding hydrogens is 300 g/mol. The van der Waals surface area contributed by atoms with Gasteiger partial charge in [-0.15, -0.1) is 0 Å². The SMILES string of the molecule is COc1cc(/C=C\c2cc(O)c(O)c(O)c2)cc(OC)c1OC. The second kappa shape index (κ2) is 6.83. The van der Waals surface area contributed by atoms with Gasteiger partial charge in [-0.2, -0.15) is 0 Å². The molecule has 0 radical (unpaired) electrons. The highest BCUT2D eigenvalue weighted by Gasteiger charge is 2.12. The molecule has 0 aromatic heterocycles. The van der Waals surface area contributed by atoms with Gasteiger partial charge in [-0.05, 0) is 35.4 Å². The summed E-state index contributed by atoms with van der Waals surface area (Å²) >= 11 is 0. The van der Waals surface area contributed by atoms with E-state index >= 15 is 0 Å². The maximum atomic E-state index is 9.51. The van der Waals surface area contributed by atoms with Gasteiger partial charge >= 0.3 is 0 Å². The fourth-order valence-electron chi connectivity index (χ4n) is 2.11. The van der Waals surface area contributed by atoms with Crippen molar-refractivity contribution in [1.82, 2.24) is 0 Å². The molecule has 0 saturated heterocycles. The van der Waals surface area contributed by atoms with E-state index in [0.717, 1.165) is 5.56 Å². The number of phenolic OH excluding ortho intramolecular Hbond substituents is 3. The van der Waals surface area contributed by atoms with Gasteiger partial charge in [0.15, 0.2) is 28.7 Å². The maximum Gasteiger partial charge on any atom is 0.203 e. The standard InChI is InChI=1S/C17H18O6/c1-21-14-8-11(9-15(22-2)17(14)23-3)5-4-10-6-12(18)16(20)13(19)7-10/h4-9,18-20H,1-3H3/b5-4-. The molecule has 23 heavy (non-hydrogen) atoms. The number of hydrogen-bond donors (Lipinski definition) is 3. The lowest BCUT2D eigenvalue weighted by Gasteiger charge is -2.12. The first-order valence-corrected chi connectivity index (χ1v) is 6.73. The van der Waals surface area contributed by atoms with Gasteiger partial charge < -0.3 is 29.5 Å². The second-order valence-electron chi connectivity index (χ2n) is 4.70. The van der Waals surface area contributed by atoms with E-state index in [0.29, 0.717) is 22.8 Å². The number of phenols is 3. The fourth-order valence-corrected chi connectivity index (χ4v) is 2.11. The first kappa shape index (κ1) is 16.4. The minimum atomic E-state index is -0.546. The van der Waals surface area contributed by atoms with Crippen LogP contribution in [0.3, 0.4) is 0 Å². The van der Waals surface area contributed by atoms with E-state index < -0.39 is 17.2 Å². The van der Waals surface area contributed by atoms with Crippen molar-refractivity contribution in [3.05, 3.63) is 35.4 Å². The van der Waals surface area contributed by atoms with Crippen molar-refractivity contribution in [2.45, 2.75) is 0 Å². The molecule has 0 aliphatic heterocycles. The highest BCUT2D eigenvalue weighted by atomic mass is 16.5. The summed E-state index contributed by atoms with van der Waals surface area (Å²) in [5.74, 6) is 0.192. The molecule has 0 amide bonds. The molecule has 122 valence electrons. The molecule has 2 aromatic carbocycles. The van der Waals surface area contributed by atoms with Gasteiger partial charge in [0.2, 0.25) is 5.75 Å². The van der Waals surface area contributed by atoms with Crippen LogP contribution in [0.1, 0.15) is 11.1 Å². The van der Waals surface area contributed by atoms with Crippen molar-refractivity contribution in [2.24, 2.45) is 0 Å². The Morgan fingerprint density at radius 1 is 0.696 bits per heavy atom. The van der Waals surface area contributed by atoms with Crippen LogP contribution in [-0.2, 0) is 0 Å². The van der Waals surface area contributed by atoms with E-state index in [-0.39, 0.29) is 0 Å². The number of rotatable bonds is 5. The maximum absolute atomic E-state index is 9.51. The number of benzene rings is 2. The summed E-state index contributed by atoms with van der Waals surface area (Å²) in [6.45, 7) is 0. The molecule has 3 N–H and O–H groups in total. The predicted octanol–water partition coefficient (Wildman–Crippen LogP) is 3.00. The van der Waals surface area contributed by atoms with Crippen LogP contribution in [0.15, 0.2) is 24.3 Å². The third-order valence-corrected chi connectivity index (χ3v) is 3.25.